The fourth-order valence-electron chi connectivity index (χ4n) is 3.96. The number of benzene rings is 2. The number of hydrogen-bond acceptors (Lipinski definition) is 2. The molecular formula is C20H21N3O2. The van der Waals surface area contributed by atoms with E-state index in [-0.39, 0.29) is 11.9 Å². The summed E-state index contributed by atoms with van der Waals surface area (Å²) in [5, 5.41) is 8.68. The fourth-order valence-corrected chi connectivity index (χ4v) is 3.96. The van der Waals surface area contributed by atoms with Crippen LogP contribution in [0.25, 0.3) is 0 Å². The molecular weight excluding hydrogens is 314 g/mol. The highest BCUT2D eigenvalue weighted by Gasteiger charge is 2.47. The van der Waals surface area contributed by atoms with E-state index >= 15 is 0 Å². The Bertz CT molecular complexity index is 811. The number of anilines is 3. The van der Waals surface area contributed by atoms with E-state index in [1.54, 1.807) is 0 Å². The Kier molecular flexibility index (Phi) is 3.92. The van der Waals surface area contributed by atoms with Crippen molar-refractivity contribution >= 4 is 29.0 Å². The first-order chi connectivity index (χ1) is 12.2. The lowest BCUT2D eigenvalue weighted by atomic mass is 9.70. The minimum atomic E-state index is -0.415. The van der Waals surface area contributed by atoms with Crippen molar-refractivity contribution in [3.8, 4) is 0 Å². The second-order valence-electron chi connectivity index (χ2n) is 6.80. The Morgan fingerprint density at radius 3 is 2.40 bits per heavy atom. The molecule has 3 amide bonds. The SMILES string of the molecule is O=C(Nc1ccccc1)Nc1ccc2c(c1)C1(CCCCC1)C(=O)N2. The van der Waals surface area contributed by atoms with Gasteiger partial charge in [0.15, 0.2) is 0 Å². The summed E-state index contributed by atoms with van der Waals surface area (Å²) >= 11 is 0. The van der Waals surface area contributed by atoms with Crippen LogP contribution in [0.5, 0.6) is 0 Å². The van der Waals surface area contributed by atoms with Crippen molar-refractivity contribution in [2.75, 3.05) is 16.0 Å². The van der Waals surface area contributed by atoms with E-state index in [9.17, 15) is 9.59 Å². The molecule has 128 valence electrons. The minimum absolute atomic E-state index is 0.105. The first-order valence-electron chi connectivity index (χ1n) is 8.76. The molecule has 0 aromatic heterocycles. The lowest BCUT2D eigenvalue weighted by Crippen LogP contribution is -2.36. The zero-order valence-corrected chi connectivity index (χ0v) is 14.0. The number of urea groups is 1. The van der Waals surface area contributed by atoms with E-state index in [1.165, 1.54) is 6.42 Å². The molecule has 25 heavy (non-hydrogen) atoms. The third-order valence-electron chi connectivity index (χ3n) is 5.21. The van der Waals surface area contributed by atoms with Crippen LogP contribution in [0.4, 0.5) is 21.9 Å². The van der Waals surface area contributed by atoms with Gasteiger partial charge in [-0.1, -0.05) is 37.5 Å². The summed E-state index contributed by atoms with van der Waals surface area (Å²) in [6, 6.07) is 14.7. The van der Waals surface area contributed by atoms with Gasteiger partial charge in [0.05, 0.1) is 5.41 Å². The molecule has 0 bridgehead atoms. The Labute approximate surface area is 146 Å². The van der Waals surface area contributed by atoms with Crippen LogP contribution in [0.1, 0.15) is 37.7 Å². The molecule has 1 spiro atoms. The Morgan fingerprint density at radius 2 is 1.64 bits per heavy atom. The summed E-state index contributed by atoms with van der Waals surface area (Å²) in [4.78, 5) is 24.8. The number of amides is 3. The van der Waals surface area contributed by atoms with Gasteiger partial charge in [0, 0.05) is 17.1 Å². The van der Waals surface area contributed by atoms with Gasteiger partial charge in [-0.25, -0.2) is 4.79 Å². The predicted octanol–water partition coefficient (Wildman–Crippen LogP) is 4.48. The first kappa shape index (κ1) is 15.7. The molecule has 2 aromatic carbocycles. The molecule has 4 rings (SSSR count). The average molecular weight is 335 g/mol. The van der Waals surface area contributed by atoms with Gasteiger partial charge in [0.25, 0.3) is 0 Å². The minimum Gasteiger partial charge on any atom is -0.325 e. The first-order valence-corrected chi connectivity index (χ1v) is 8.76. The molecule has 0 saturated heterocycles. The highest BCUT2D eigenvalue weighted by molar-refractivity contribution is 6.07. The van der Waals surface area contributed by atoms with Crippen LogP contribution in [-0.4, -0.2) is 11.9 Å². The van der Waals surface area contributed by atoms with Crippen LogP contribution in [-0.2, 0) is 10.2 Å². The zero-order valence-electron chi connectivity index (χ0n) is 14.0. The maximum atomic E-state index is 12.6. The smallest absolute Gasteiger partial charge is 0.323 e. The standard InChI is InChI=1S/C20H21N3O2/c24-18-20(11-5-2-6-12-20)16-13-15(9-10-17(16)23-18)22-19(25)21-14-7-3-1-4-8-14/h1,3-4,7-10,13H,2,5-6,11-12H2,(H,23,24)(H2,21,22,25). The van der Waals surface area contributed by atoms with Crippen LogP contribution in [0.3, 0.4) is 0 Å². The van der Waals surface area contributed by atoms with Crippen molar-refractivity contribution in [1.29, 1.82) is 0 Å². The molecule has 1 aliphatic carbocycles. The number of nitrogens with one attached hydrogen (secondary N) is 3. The number of carbonyl (C=O) groups excluding carboxylic acids is 2. The predicted molar refractivity (Wildman–Crippen MR) is 98.9 cm³/mol. The lowest BCUT2D eigenvalue weighted by molar-refractivity contribution is -0.121. The molecule has 2 aromatic rings. The molecule has 5 heteroatoms. The van der Waals surface area contributed by atoms with Crippen LogP contribution < -0.4 is 16.0 Å². The summed E-state index contributed by atoms with van der Waals surface area (Å²) in [7, 11) is 0. The van der Waals surface area contributed by atoms with Gasteiger partial charge >= 0.3 is 6.03 Å². The molecule has 0 atom stereocenters. The lowest BCUT2D eigenvalue weighted by Gasteiger charge is -2.31. The van der Waals surface area contributed by atoms with Crippen molar-refractivity contribution in [1.82, 2.24) is 0 Å². The Morgan fingerprint density at radius 1 is 0.920 bits per heavy atom. The van der Waals surface area contributed by atoms with Gasteiger partial charge in [0.2, 0.25) is 5.91 Å². The Hall–Kier alpha value is -2.82. The third-order valence-corrected chi connectivity index (χ3v) is 5.21. The largest absolute Gasteiger partial charge is 0.325 e. The van der Waals surface area contributed by atoms with Gasteiger partial charge < -0.3 is 16.0 Å². The maximum absolute atomic E-state index is 12.6. The summed E-state index contributed by atoms with van der Waals surface area (Å²) in [5.41, 5.74) is 2.92. The molecule has 0 radical (unpaired) electrons. The highest BCUT2D eigenvalue weighted by atomic mass is 16.2. The summed E-state index contributed by atoms with van der Waals surface area (Å²) in [6.07, 6.45) is 5.08. The van der Waals surface area contributed by atoms with Crippen molar-refractivity contribution in [3.05, 3.63) is 54.1 Å². The number of para-hydroxylation sites is 1. The second kappa shape index (κ2) is 6.24. The van der Waals surface area contributed by atoms with E-state index in [0.717, 1.165) is 42.6 Å². The normalized spacial score (nSPS) is 17.7. The van der Waals surface area contributed by atoms with Crippen molar-refractivity contribution in [2.45, 2.75) is 37.5 Å². The number of rotatable bonds is 2. The molecule has 1 fully saturated rings. The molecule has 5 nitrogen and oxygen atoms in total. The van der Waals surface area contributed by atoms with Gasteiger partial charge in [-0.3, -0.25) is 4.79 Å². The second-order valence-corrected chi connectivity index (χ2v) is 6.80. The third kappa shape index (κ3) is 2.86. The molecule has 2 aliphatic rings. The average Bonchev–Trinajstić information content (AvgIpc) is 2.88. The molecule has 0 unspecified atom stereocenters. The van der Waals surface area contributed by atoms with Crippen LogP contribution in [0.15, 0.2) is 48.5 Å². The topological polar surface area (TPSA) is 70.2 Å². The number of carbonyl (C=O) groups is 2. The maximum Gasteiger partial charge on any atom is 0.323 e. The highest BCUT2D eigenvalue weighted by Crippen LogP contribution is 2.48. The van der Waals surface area contributed by atoms with Gasteiger partial charge in [-0.15, -0.1) is 0 Å². The number of fused-ring (bicyclic) bond motifs is 2. The van der Waals surface area contributed by atoms with Gasteiger partial charge in [-0.2, -0.15) is 0 Å². The summed E-state index contributed by atoms with van der Waals surface area (Å²) in [5.74, 6) is 0.105. The zero-order chi connectivity index (χ0) is 17.3. The van der Waals surface area contributed by atoms with Crippen LogP contribution in [0.2, 0.25) is 0 Å². The van der Waals surface area contributed by atoms with E-state index in [2.05, 4.69) is 16.0 Å². The van der Waals surface area contributed by atoms with E-state index in [0.29, 0.717) is 5.69 Å². The van der Waals surface area contributed by atoms with E-state index < -0.39 is 5.41 Å². The Balaban J connectivity index is 1.55. The van der Waals surface area contributed by atoms with Crippen molar-refractivity contribution < 1.29 is 9.59 Å². The quantitative estimate of drug-likeness (QED) is 0.757. The molecule has 1 saturated carbocycles. The molecule has 3 N–H and O–H groups in total. The van der Waals surface area contributed by atoms with Crippen LogP contribution >= 0.6 is 0 Å². The van der Waals surface area contributed by atoms with E-state index in [1.807, 2.05) is 48.5 Å². The van der Waals surface area contributed by atoms with Gasteiger partial charge in [-0.05, 0) is 48.7 Å². The molecule has 1 aliphatic heterocycles. The summed E-state index contributed by atoms with van der Waals surface area (Å²) in [6.45, 7) is 0. The van der Waals surface area contributed by atoms with Crippen LogP contribution in [0, 0.1) is 0 Å². The fraction of sp³-hybridized carbons (Fsp3) is 0.300. The number of hydrogen-bond donors (Lipinski definition) is 3. The monoisotopic (exact) mass is 335 g/mol. The summed E-state index contributed by atoms with van der Waals surface area (Å²) < 4.78 is 0. The van der Waals surface area contributed by atoms with Crippen molar-refractivity contribution in [3.63, 3.8) is 0 Å². The van der Waals surface area contributed by atoms with Crippen molar-refractivity contribution in [2.24, 2.45) is 0 Å². The van der Waals surface area contributed by atoms with Gasteiger partial charge in [0.1, 0.15) is 0 Å². The van der Waals surface area contributed by atoms with E-state index in [4.69, 9.17) is 0 Å². The molecule has 1 heterocycles.